The molecule has 0 radical (unpaired) electrons. The fraction of sp³-hybridized carbons (Fsp3) is 0. The predicted molar refractivity (Wildman–Crippen MR) is 246 cm³/mol. The minimum absolute atomic E-state index is 0.616. The topological polar surface area (TPSA) is 43.6 Å². The van der Waals surface area contributed by atoms with Gasteiger partial charge in [-0.15, -0.1) is 0 Å². The lowest BCUT2D eigenvalue weighted by Crippen LogP contribution is -2.05. The molecule has 0 unspecified atom stereocenters. The van der Waals surface area contributed by atoms with Crippen molar-refractivity contribution < 1.29 is 0 Å². The summed E-state index contributed by atoms with van der Waals surface area (Å²) in [4.78, 5) is 15.9. The first-order valence-electron chi connectivity index (χ1n) is 20.0. The molecule has 10 aromatic carbocycles. The summed E-state index contributed by atoms with van der Waals surface area (Å²) in [6.07, 6.45) is 0. The van der Waals surface area contributed by atoms with Crippen LogP contribution in [0.3, 0.4) is 0 Å². The van der Waals surface area contributed by atoms with Crippen LogP contribution in [0.1, 0.15) is 0 Å². The Morgan fingerprint density at radius 1 is 0.288 bits per heavy atom. The number of rotatable bonds is 5. The van der Waals surface area contributed by atoms with E-state index in [1.54, 1.807) is 0 Å². The monoisotopic (exact) mass is 750 g/mol. The Morgan fingerprint density at radius 3 is 1.31 bits per heavy atom. The van der Waals surface area contributed by atoms with Gasteiger partial charge in [-0.1, -0.05) is 176 Å². The van der Waals surface area contributed by atoms with Crippen molar-refractivity contribution in [1.82, 2.24) is 19.5 Å². The van der Waals surface area contributed by atoms with Crippen LogP contribution in [0.4, 0.5) is 0 Å². The third kappa shape index (κ3) is 5.42. The highest BCUT2D eigenvalue weighted by Crippen LogP contribution is 2.45. The predicted octanol–water partition coefficient (Wildman–Crippen LogP) is 14.2. The lowest BCUT2D eigenvalue weighted by molar-refractivity contribution is 1.07. The molecule has 12 rings (SSSR count). The largest absolute Gasteiger partial charge is 0.308 e. The molecule has 4 nitrogen and oxygen atoms in total. The van der Waals surface area contributed by atoms with E-state index in [4.69, 9.17) is 15.0 Å². The highest BCUT2D eigenvalue weighted by Gasteiger charge is 2.25. The molecule has 0 fully saturated rings. The normalized spacial score (nSPS) is 11.7. The van der Waals surface area contributed by atoms with Gasteiger partial charge in [0.1, 0.15) is 0 Å². The van der Waals surface area contributed by atoms with Crippen molar-refractivity contribution in [2.24, 2.45) is 0 Å². The second-order valence-electron chi connectivity index (χ2n) is 15.2. The van der Waals surface area contributed by atoms with Crippen molar-refractivity contribution in [2.75, 3.05) is 0 Å². The van der Waals surface area contributed by atoms with Crippen LogP contribution in [0.25, 0.3) is 116 Å². The lowest BCUT2D eigenvalue weighted by Gasteiger charge is -2.20. The number of hydrogen-bond acceptors (Lipinski definition) is 3. The van der Waals surface area contributed by atoms with Gasteiger partial charge in [-0.25, -0.2) is 15.0 Å². The van der Waals surface area contributed by atoms with E-state index in [0.29, 0.717) is 17.5 Å². The molecule has 12 aromatic rings. The Kier molecular flexibility index (Phi) is 7.50. The number of benzene rings is 10. The highest BCUT2D eigenvalue weighted by atomic mass is 15.1. The van der Waals surface area contributed by atoms with Gasteiger partial charge in [-0.3, -0.25) is 0 Å². The second-order valence-corrected chi connectivity index (χ2v) is 15.2. The summed E-state index contributed by atoms with van der Waals surface area (Å²) in [5.74, 6) is 1.87. The maximum atomic E-state index is 5.40. The maximum absolute atomic E-state index is 5.40. The van der Waals surface area contributed by atoms with Crippen molar-refractivity contribution in [3.05, 3.63) is 206 Å². The van der Waals surface area contributed by atoms with E-state index < -0.39 is 0 Å². The molecule has 2 aromatic heterocycles. The van der Waals surface area contributed by atoms with Gasteiger partial charge in [0.05, 0.1) is 22.3 Å². The zero-order valence-electron chi connectivity index (χ0n) is 31.9. The van der Waals surface area contributed by atoms with Gasteiger partial charge in [0.15, 0.2) is 17.5 Å². The molecule has 0 aliphatic rings. The zero-order chi connectivity index (χ0) is 38.9. The fourth-order valence-corrected chi connectivity index (χ4v) is 9.02. The number of fused-ring (bicyclic) bond motifs is 7. The SMILES string of the molecule is c1ccc(-c2nc(-c3ccccc3)nc(-c3c(-n4c5cc6ccccc6cc5c5cc6ccccc6cc54)cc(-c4cccc5ccccc45)c4ccccc34)n2)cc1. The van der Waals surface area contributed by atoms with Gasteiger partial charge in [0.25, 0.3) is 0 Å². The lowest BCUT2D eigenvalue weighted by atomic mass is 9.90. The summed E-state index contributed by atoms with van der Waals surface area (Å²) in [7, 11) is 0. The van der Waals surface area contributed by atoms with Crippen LogP contribution >= 0.6 is 0 Å². The minimum Gasteiger partial charge on any atom is -0.308 e. The van der Waals surface area contributed by atoms with Crippen LogP contribution < -0.4 is 0 Å². The van der Waals surface area contributed by atoms with Crippen molar-refractivity contribution in [3.8, 4) is 51.0 Å². The average Bonchev–Trinajstić information content (AvgIpc) is 3.61. The van der Waals surface area contributed by atoms with Gasteiger partial charge in [0, 0.05) is 21.9 Å². The molecule has 0 aliphatic carbocycles. The average molecular weight is 751 g/mol. The van der Waals surface area contributed by atoms with Crippen LogP contribution in [0.2, 0.25) is 0 Å². The third-order valence-corrected chi connectivity index (χ3v) is 11.8. The smallest absolute Gasteiger partial charge is 0.166 e. The Morgan fingerprint density at radius 2 is 0.729 bits per heavy atom. The van der Waals surface area contributed by atoms with Gasteiger partial charge >= 0.3 is 0 Å². The molecule has 0 spiro atoms. The summed E-state index contributed by atoms with van der Waals surface area (Å²) in [5.41, 5.74) is 8.37. The molecule has 0 aliphatic heterocycles. The molecule has 0 N–H and O–H groups in total. The van der Waals surface area contributed by atoms with E-state index in [1.807, 2.05) is 36.4 Å². The van der Waals surface area contributed by atoms with E-state index in [0.717, 1.165) is 49.7 Å². The fourth-order valence-electron chi connectivity index (χ4n) is 9.02. The van der Waals surface area contributed by atoms with E-state index in [9.17, 15) is 0 Å². The Bertz CT molecular complexity index is 3450. The van der Waals surface area contributed by atoms with Crippen LogP contribution in [0, 0.1) is 0 Å². The molecule has 2 heterocycles. The van der Waals surface area contributed by atoms with E-state index in [1.165, 1.54) is 48.7 Å². The standard InChI is InChI=1S/C55H34N4/c1-3-17-36(18-4-1)53-56-54(37-19-5-2-6-20-37)58-55(57-53)52-45-28-14-13-27-44(45)46(43-29-15-25-35-16-11-12-26-42(35)43)34-51(52)59-49-32-40-23-9-7-21-38(40)30-47(49)48-31-39-22-8-10-24-41(39)33-50(48)59/h1-34H. The minimum atomic E-state index is 0.616. The molecule has 0 atom stereocenters. The maximum Gasteiger partial charge on any atom is 0.166 e. The molecule has 0 saturated carbocycles. The number of aromatic nitrogens is 4. The summed E-state index contributed by atoms with van der Waals surface area (Å²) < 4.78 is 2.47. The van der Waals surface area contributed by atoms with Gasteiger partial charge in [0.2, 0.25) is 0 Å². The molecule has 274 valence electrons. The first-order valence-corrected chi connectivity index (χ1v) is 20.0. The van der Waals surface area contributed by atoms with Crippen molar-refractivity contribution in [3.63, 3.8) is 0 Å². The molecule has 0 bridgehead atoms. The molecule has 4 heteroatoms. The zero-order valence-corrected chi connectivity index (χ0v) is 31.9. The summed E-state index contributed by atoms with van der Waals surface area (Å²) >= 11 is 0. The Hall–Kier alpha value is -7.95. The third-order valence-electron chi connectivity index (χ3n) is 11.8. The second kappa shape index (κ2) is 13.3. The van der Waals surface area contributed by atoms with Crippen LogP contribution in [-0.4, -0.2) is 19.5 Å². The van der Waals surface area contributed by atoms with Crippen molar-refractivity contribution in [1.29, 1.82) is 0 Å². The van der Waals surface area contributed by atoms with E-state index >= 15 is 0 Å². The van der Waals surface area contributed by atoms with Crippen molar-refractivity contribution in [2.45, 2.75) is 0 Å². The van der Waals surface area contributed by atoms with Crippen molar-refractivity contribution >= 4 is 64.9 Å². The molecular formula is C55H34N4. The number of nitrogens with zero attached hydrogens (tertiary/aromatic N) is 4. The van der Waals surface area contributed by atoms with E-state index in [-0.39, 0.29) is 0 Å². The molecule has 0 saturated heterocycles. The summed E-state index contributed by atoms with van der Waals surface area (Å²) in [6, 6.07) is 73.6. The van der Waals surface area contributed by atoms with Gasteiger partial charge < -0.3 is 4.57 Å². The van der Waals surface area contributed by atoms with Crippen LogP contribution in [0.5, 0.6) is 0 Å². The van der Waals surface area contributed by atoms with Crippen LogP contribution in [0.15, 0.2) is 206 Å². The molecule has 0 amide bonds. The first-order chi connectivity index (χ1) is 29.2. The highest BCUT2D eigenvalue weighted by molar-refractivity contribution is 6.19. The Balaban J connectivity index is 1.29. The summed E-state index contributed by atoms with van der Waals surface area (Å²) in [5, 5.41) is 11.8. The number of hydrogen-bond donors (Lipinski definition) is 0. The van der Waals surface area contributed by atoms with Crippen LogP contribution in [-0.2, 0) is 0 Å². The summed E-state index contributed by atoms with van der Waals surface area (Å²) in [6.45, 7) is 0. The van der Waals surface area contributed by atoms with E-state index in [2.05, 4.69) is 174 Å². The van der Waals surface area contributed by atoms with Gasteiger partial charge in [-0.2, -0.15) is 0 Å². The Labute approximate surface area is 340 Å². The quantitative estimate of drug-likeness (QED) is 0.176. The molecule has 59 heavy (non-hydrogen) atoms. The first kappa shape index (κ1) is 33.2. The van der Waals surface area contributed by atoms with Gasteiger partial charge in [-0.05, 0) is 84.5 Å². The molecular weight excluding hydrogens is 717 g/mol.